The van der Waals surface area contributed by atoms with Crippen molar-refractivity contribution in [2.45, 2.75) is 19.8 Å². The number of ether oxygens (including phenoxy) is 1. The molecule has 1 aliphatic carbocycles. The highest BCUT2D eigenvalue weighted by Gasteiger charge is 2.40. The Morgan fingerprint density at radius 1 is 1.33 bits per heavy atom. The summed E-state index contributed by atoms with van der Waals surface area (Å²) in [6, 6.07) is 7.01. The Kier molecular flexibility index (Phi) is 4.31. The number of allylic oxidation sites excluding steroid dienone is 2. The Morgan fingerprint density at radius 3 is 2.71 bits per heavy atom. The number of carbonyl (C=O) groups excluding carboxylic acids is 2. The lowest BCUT2D eigenvalue weighted by Gasteiger charge is -2.38. The van der Waals surface area contributed by atoms with Gasteiger partial charge >= 0.3 is 0 Å². The zero-order valence-electron chi connectivity index (χ0n) is 12.1. The van der Waals surface area contributed by atoms with Gasteiger partial charge in [0.2, 0.25) is 5.91 Å². The third-order valence-electron chi connectivity index (χ3n) is 4.00. The second-order valence-electron chi connectivity index (χ2n) is 5.36. The van der Waals surface area contributed by atoms with Gasteiger partial charge in [0.25, 0.3) is 0 Å². The van der Waals surface area contributed by atoms with Gasteiger partial charge in [0.15, 0.2) is 0 Å². The van der Waals surface area contributed by atoms with E-state index in [9.17, 15) is 14.7 Å². The van der Waals surface area contributed by atoms with Gasteiger partial charge in [0.1, 0.15) is 5.75 Å². The molecular weight excluding hydrogens is 270 g/mol. The van der Waals surface area contributed by atoms with E-state index in [1.165, 1.54) is 7.11 Å². The summed E-state index contributed by atoms with van der Waals surface area (Å²) in [4.78, 5) is 23.9. The van der Waals surface area contributed by atoms with Crippen LogP contribution < -0.4 is 15.2 Å². The number of nitrogens with one attached hydrogen (secondary N) is 1. The molecule has 5 heteroatoms. The molecule has 0 radical (unpaired) electrons. The summed E-state index contributed by atoms with van der Waals surface area (Å²) in [7, 11) is 1.51. The first-order valence-corrected chi connectivity index (χ1v) is 6.79. The van der Waals surface area contributed by atoms with Gasteiger partial charge in [-0.05, 0) is 25.0 Å². The first-order valence-electron chi connectivity index (χ1n) is 6.79. The summed E-state index contributed by atoms with van der Waals surface area (Å²) < 4.78 is 5.18. The molecule has 0 saturated carbocycles. The van der Waals surface area contributed by atoms with E-state index in [1.54, 1.807) is 37.3 Å². The molecule has 0 bridgehead atoms. The van der Waals surface area contributed by atoms with Crippen LogP contribution in [0, 0.1) is 11.3 Å². The third-order valence-corrected chi connectivity index (χ3v) is 4.00. The van der Waals surface area contributed by atoms with Gasteiger partial charge < -0.3 is 20.0 Å². The van der Waals surface area contributed by atoms with Crippen LogP contribution in [0.25, 0.3) is 0 Å². The van der Waals surface area contributed by atoms with E-state index in [1.807, 2.05) is 6.08 Å². The first-order chi connectivity index (χ1) is 9.99. The summed E-state index contributed by atoms with van der Waals surface area (Å²) in [6.45, 7) is 1.55. The molecule has 21 heavy (non-hydrogen) atoms. The zero-order valence-corrected chi connectivity index (χ0v) is 12.1. The SMILES string of the molecule is COc1ccccc1NC(=O)C1CC=CCC1(C)C(=O)[O-]. The van der Waals surface area contributed by atoms with E-state index >= 15 is 0 Å². The number of hydrogen-bond acceptors (Lipinski definition) is 4. The van der Waals surface area contributed by atoms with Crippen molar-refractivity contribution < 1.29 is 19.4 Å². The number of carboxylic acid groups (broad SMARTS) is 1. The van der Waals surface area contributed by atoms with Crippen molar-refractivity contribution in [3.05, 3.63) is 36.4 Å². The fraction of sp³-hybridized carbons (Fsp3) is 0.375. The molecule has 2 atom stereocenters. The average Bonchev–Trinajstić information content (AvgIpc) is 2.48. The van der Waals surface area contributed by atoms with E-state index in [0.29, 0.717) is 24.3 Å². The maximum Gasteiger partial charge on any atom is 0.228 e. The topological polar surface area (TPSA) is 78.5 Å². The van der Waals surface area contributed by atoms with Crippen LogP contribution in [0.1, 0.15) is 19.8 Å². The van der Waals surface area contributed by atoms with Crippen LogP contribution in [0.2, 0.25) is 0 Å². The second-order valence-corrected chi connectivity index (χ2v) is 5.36. The largest absolute Gasteiger partial charge is 0.550 e. The number of aliphatic carboxylic acids is 1. The maximum atomic E-state index is 12.5. The van der Waals surface area contributed by atoms with E-state index in [-0.39, 0.29) is 5.91 Å². The molecule has 1 amide bonds. The Bertz CT molecular complexity index is 581. The van der Waals surface area contributed by atoms with Crippen LogP contribution in [0.4, 0.5) is 5.69 Å². The van der Waals surface area contributed by atoms with E-state index in [2.05, 4.69) is 5.32 Å². The number of carboxylic acids is 1. The summed E-state index contributed by atoms with van der Waals surface area (Å²) in [5.74, 6) is -1.67. The molecule has 0 spiro atoms. The van der Waals surface area contributed by atoms with Gasteiger partial charge in [-0.3, -0.25) is 4.79 Å². The first kappa shape index (κ1) is 15.1. The quantitative estimate of drug-likeness (QED) is 0.848. The van der Waals surface area contributed by atoms with E-state index < -0.39 is 17.3 Å². The van der Waals surface area contributed by atoms with E-state index in [4.69, 9.17) is 4.74 Å². The van der Waals surface area contributed by atoms with Crippen LogP contribution in [0.15, 0.2) is 36.4 Å². The van der Waals surface area contributed by atoms with Crippen molar-refractivity contribution in [2.75, 3.05) is 12.4 Å². The van der Waals surface area contributed by atoms with Crippen molar-refractivity contribution in [1.29, 1.82) is 0 Å². The molecule has 0 aliphatic heterocycles. The van der Waals surface area contributed by atoms with Gasteiger partial charge in [-0.15, -0.1) is 0 Å². The molecule has 1 aromatic carbocycles. The highest BCUT2D eigenvalue weighted by atomic mass is 16.5. The summed E-state index contributed by atoms with van der Waals surface area (Å²) in [5.41, 5.74) is -0.666. The Labute approximate surface area is 123 Å². The molecule has 2 rings (SSSR count). The number of methoxy groups -OCH3 is 1. The number of carbonyl (C=O) groups is 2. The highest BCUT2D eigenvalue weighted by Crippen LogP contribution is 2.38. The highest BCUT2D eigenvalue weighted by molar-refractivity contribution is 5.97. The molecule has 0 fully saturated rings. The minimum absolute atomic E-state index is 0.291. The molecule has 5 nitrogen and oxygen atoms in total. The number of rotatable bonds is 4. The van der Waals surface area contributed by atoms with Crippen molar-refractivity contribution in [3.63, 3.8) is 0 Å². The minimum Gasteiger partial charge on any atom is -0.550 e. The van der Waals surface area contributed by atoms with Crippen LogP contribution in [0.3, 0.4) is 0 Å². The van der Waals surface area contributed by atoms with Crippen LogP contribution in [-0.4, -0.2) is 19.0 Å². The molecule has 1 N–H and O–H groups in total. The Morgan fingerprint density at radius 2 is 2.05 bits per heavy atom. The monoisotopic (exact) mass is 288 g/mol. The summed E-state index contributed by atoms with van der Waals surface area (Å²) in [5, 5.41) is 14.2. The predicted octanol–water partition coefficient (Wildman–Crippen LogP) is 1.36. The predicted molar refractivity (Wildman–Crippen MR) is 76.6 cm³/mol. The van der Waals surface area contributed by atoms with Crippen molar-refractivity contribution >= 4 is 17.6 Å². The molecule has 1 aromatic rings. The van der Waals surface area contributed by atoms with Crippen molar-refractivity contribution in [3.8, 4) is 5.75 Å². The molecule has 1 aliphatic rings. The fourth-order valence-corrected chi connectivity index (χ4v) is 2.55. The van der Waals surface area contributed by atoms with Crippen molar-refractivity contribution in [2.24, 2.45) is 11.3 Å². The smallest absolute Gasteiger partial charge is 0.228 e. The third kappa shape index (κ3) is 2.91. The number of para-hydroxylation sites is 2. The maximum absolute atomic E-state index is 12.5. The molecular formula is C16H18NO4-. The van der Waals surface area contributed by atoms with Gasteiger partial charge in [0, 0.05) is 11.4 Å². The lowest BCUT2D eigenvalue weighted by atomic mass is 9.69. The molecule has 0 saturated heterocycles. The normalized spacial score (nSPS) is 24.4. The van der Waals surface area contributed by atoms with Crippen molar-refractivity contribution in [1.82, 2.24) is 0 Å². The molecule has 0 aromatic heterocycles. The van der Waals surface area contributed by atoms with Gasteiger partial charge in [-0.1, -0.05) is 31.2 Å². The number of benzene rings is 1. The van der Waals surface area contributed by atoms with Gasteiger partial charge in [-0.2, -0.15) is 0 Å². The molecule has 112 valence electrons. The van der Waals surface area contributed by atoms with Crippen LogP contribution in [0.5, 0.6) is 5.75 Å². The minimum atomic E-state index is -1.20. The zero-order chi connectivity index (χ0) is 15.5. The lowest BCUT2D eigenvalue weighted by molar-refractivity contribution is -0.320. The lowest BCUT2D eigenvalue weighted by Crippen LogP contribution is -2.49. The Balaban J connectivity index is 2.23. The fourth-order valence-electron chi connectivity index (χ4n) is 2.55. The number of hydrogen-bond donors (Lipinski definition) is 1. The van der Waals surface area contributed by atoms with Crippen LogP contribution in [-0.2, 0) is 9.59 Å². The van der Waals surface area contributed by atoms with Gasteiger partial charge in [-0.25, -0.2) is 0 Å². The molecule has 0 heterocycles. The van der Waals surface area contributed by atoms with Crippen LogP contribution >= 0.6 is 0 Å². The molecule has 2 unspecified atom stereocenters. The summed E-state index contributed by atoms with van der Waals surface area (Å²) in [6.07, 6.45) is 4.28. The average molecular weight is 288 g/mol. The second kappa shape index (κ2) is 5.99. The van der Waals surface area contributed by atoms with Gasteiger partial charge in [0.05, 0.1) is 18.7 Å². The number of amides is 1. The Hall–Kier alpha value is -2.30. The standard InChI is InChI=1S/C16H19NO4/c1-16(15(19)20)10-6-5-7-11(16)14(18)17-12-8-3-4-9-13(12)21-2/h3-6,8-9,11H,7,10H2,1-2H3,(H,17,18)(H,19,20)/p-1. The number of anilines is 1. The van der Waals surface area contributed by atoms with E-state index in [0.717, 1.165) is 0 Å². The summed E-state index contributed by atoms with van der Waals surface area (Å²) >= 11 is 0.